The van der Waals surface area contributed by atoms with Crippen LogP contribution in [0.1, 0.15) is 67.2 Å². The first-order valence-electron chi connectivity index (χ1n) is 8.11. The van der Waals surface area contributed by atoms with Gasteiger partial charge in [-0.3, -0.25) is 4.79 Å². The highest BCUT2D eigenvalue weighted by molar-refractivity contribution is 5.79. The highest BCUT2D eigenvalue weighted by Crippen LogP contribution is 2.38. The van der Waals surface area contributed by atoms with Crippen LogP contribution in [0, 0.1) is 29.6 Å². The minimum Gasteiger partial charge on any atom is -0.353 e. The van der Waals surface area contributed by atoms with Gasteiger partial charge < -0.3 is 5.32 Å². The second-order valence-electron chi connectivity index (χ2n) is 7.47. The molecule has 1 aliphatic carbocycles. The number of carbonyl (C=O) groups excluding carboxylic acids is 1. The van der Waals surface area contributed by atoms with Crippen molar-refractivity contribution >= 4 is 5.91 Å². The Kier molecular flexibility index (Phi) is 6.35. The Hall–Kier alpha value is -0.530. The van der Waals surface area contributed by atoms with Gasteiger partial charge >= 0.3 is 0 Å². The van der Waals surface area contributed by atoms with Gasteiger partial charge in [0.15, 0.2) is 0 Å². The lowest BCUT2D eigenvalue weighted by Gasteiger charge is -2.37. The number of carbonyl (C=O) groups is 1. The van der Waals surface area contributed by atoms with E-state index in [1.165, 1.54) is 12.8 Å². The van der Waals surface area contributed by atoms with Gasteiger partial charge in [-0.2, -0.15) is 0 Å². The number of hydrogen-bond donors (Lipinski definition) is 1. The molecule has 0 radical (unpaired) electrons. The Labute approximate surface area is 119 Å². The van der Waals surface area contributed by atoms with Crippen LogP contribution in [0.15, 0.2) is 0 Å². The van der Waals surface area contributed by atoms with Crippen molar-refractivity contribution in [3.63, 3.8) is 0 Å². The van der Waals surface area contributed by atoms with Crippen molar-refractivity contribution in [1.29, 1.82) is 0 Å². The maximum Gasteiger partial charge on any atom is 0.223 e. The average Bonchev–Trinajstić information content (AvgIpc) is 2.26. The van der Waals surface area contributed by atoms with Gasteiger partial charge in [-0.05, 0) is 49.9 Å². The molecule has 1 fully saturated rings. The molecule has 0 aromatic rings. The highest BCUT2D eigenvalue weighted by Gasteiger charge is 2.35. The van der Waals surface area contributed by atoms with E-state index >= 15 is 0 Å². The van der Waals surface area contributed by atoms with Gasteiger partial charge in [0.2, 0.25) is 5.91 Å². The number of hydrogen-bond acceptors (Lipinski definition) is 1. The molecule has 1 aliphatic rings. The molecule has 4 unspecified atom stereocenters. The monoisotopic (exact) mass is 267 g/mol. The number of amides is 1. The molecule has 1 rings (SSSR count). The molecule has 1 amide bonds. The molecule has 19 heavy (non-hydrogen) atoms. The molecule has 4 atom stereocenters. The maximum absolute atomic E-state index is 12.5. The first-order valence-corrected chi connectivity index (χ1v) is 8.11. The minimum atomic E-state index is 0.235. The van der Waals surface area contributed by atoms with Crippen molar-refractivity contribution in [2.75, 3.05) is 0 Å². The Morgan fingerprint density at radius 3 is 2.32 bits per heavy atom. The summed E-state index contributed by atoms with van der Waals surface area (Å²) >= 11 is 0. The third-order valence-electron chi connectivity index (χ3n) is 4.57. The van der Waals surface area contributed by atoms with E-state index in [1.54, 1.807) is 0 Å². The van der Waals surface area contributed by atoms with Crippen LogP contribution in [0.25, 0.3) is 0 Å². The molecule has 0 aromatic heterocycles. The van der Waals surface area contributed by atoms with Crippen molar-refractivity contribution in [3.8, 4) is 0 Å². The first-order chi connectivity index (χ1) is 8.81. The normalized spacial score (nSPS) is 29.6. The molecule has 2 nitrogen and oxygen atoms in total. The Morgan fingerprint density at radius 2 is 1.79 bits per heavy atom. The molecular formula is C17H33NO. The van der Waals surface area contributed by atoms with Gasteiger partial charge in [-0.1, -0.05) is 41.0 Å². The summed E-state index contributed by atoms with van der Waals surface area (Å²) in [6.07, 6.45) is 4.65. The lowest BCUT2D eigenvalue weighted by molar-refractivity contribution is -0.130. The summed E-state index contributed by atoms with van der Waals surface area (Å²) in [4.78, 5) is 12.5. The van der Waals surface area contributed by atoms with E-state index in [0.29, 0.717) is 35.6 Å². The van der Waals surface area contributed by atoms with Gasteiger partial charge in [0, 0.05) is 12.0 Å². The van der Waals surface area contributed by atoms with E-state index in [-0.39, 0.29) is 5.92 Å². The predicted molar refractivity (Wildman–Crippen MR) is 81.9 cm³/mol. The van der Waals surface area contributed by atoms with Crippen LogP contribution < -0.4 is 5.32 Å². The predicted octanol–water partition coefficient (Wildman–Crippen LogP) is 4.25. The van der Waals surface area contributed by atoms with Gasteiger partial charge in [0.05, 0.1) is 0 Å². The van der Waals surface area contributed by atoms with Crippen LogP contribution in [-0.2, 0) is 4.79 Å². The summed E-state index contributed by atoms with van der Waals surface area (Å²) in [5.74, 6) is 3.07. The summed E-state index contributed by atoms with van der Waals surface area (Å²) in [6.45, 7) is 13.4. The van der Waals surface area contributed by atoms with Crippen molar-refractivity contribution in [3.05, 3.63) is 0 Å². The quantitative estimate of drug-likeness (QED) is 0.793. The molecular weight excluding hydrogens is 234 g/mol. The second-order valence-corrected chi connectivity index (χ2v) is 7.47. The topological polar surface area (TPSA) is 29.1 Å². The van der Waals surface area contributed by atoms with Crippen molar-refractivity contribution in [2.45, 2.75) is 73.3 Å². The molecule has 0 aromatic carbocycles. The number of rotatable bonds is 5. The summed E-state index contributed by atoms with van der Waals surface area (Å²) in [6, 6.07) is 0.303. The van der Waals surface area contributed by atoms with E-state index in [1.807, 2.05) is 0 Å². The minimum absolute atomic E-state index is 0.235. The molecule has 0 bridgehead atoms. The molecule has 112 valence electrons. The van der Waals surface area contributed by atoms with E-state index in [9.17, 15) is 4.79 Å². The van der Waals surface area contributed by atoms with Gasteiger partial charge in [0.25, 0.3) is 0 Å². The van der Waals surface area contributed by atoms with Gasteiger partial charge in [0.1, 0.15) is 0 Å². The smallest absolute Gasteiger partial charge is 0.223 e. The fraction of sp³-hybridized carbons (Fsp3) is 0.941. The fourth-order valence-electron chi connectivity index (χ4n) is 3.62. The van der Waals surface area contributed by atoms with Crippen LogP contribution in [0.5, 0.6) is 0 Å². The van der Waals surface area contributed by atoms with E-state index in [4.69, 9.17) is 0 Å². The summed E-state index contributed by atoms with van der Waals surface area (Å²) in [5.41, 5.74) is 0. The average molecular weight is 267 g/mol. The number of nitrogens with one attached hydrogen (secondary N) is 1. The largest absolute Gasteiger partial charge is 0.353 e. The fourth-order valence-corrected chi connectivity index (χ4v) is 3.62. The van der Waals surface area contributed by atoms with Crippen LogP contribution in [0.2, 0.25) is 0 Å². The van der Waals surface area contributed by atoms with Gasteiger partial charge in [-0.15, -0.1) is 0 Å². The zero-order chi connectivity index (χ0) is 14.6. The third-order valence-corrected chi connectivity index (χ3v) is 4.57. The Balaban J connectivity index is 2.60. The third kappa shape index (κ3) is 5.16. The van der Waals surface area contributed by atoms with Crippen molar-refractivity contribution in [1.82, 2.24) is 5.32 Å². The SMILES string of the molecule is CC(C)CC(C)NC(=O)C1CC(C)CCC1C(C)C. The molecule has 1 N–H and O–H groups in total. The lowest BCUT2D eigenvalue weighted by Crippen LogP contribution is -2.43. The van der Waals surface area contributed by atoms with Crippen molar-refractivity contribution < 1.29 is 4.79 Å². The Morgan fingerprint density at radius 1 is 1.16 bits per heavy atom. The summed E-state index contributed by atoms with van der Waals surface area (Å²) in [7, 11) is 0. The molecule has 1 saturated carbocycles. The van der Waals surface area contributed by atoms with Gasteiger partial charge in [-0.25, -0.2) is 0 Å². The molecule has 0 spiro atoms. The van der Waals surface area contributed by atoms with Crippen LogP contribution in [0.4, 0.5) is 0 Å². The first kappa shape index (κ1) is 16.5. The lowest BCUT2D eigenvalue weighted by atomic mass is 9.69. The molecule has 2 heteroatoms. The maximum atomic E-state index is 12.5. The second kappa shape index (κ2) is 7.31. The van der Waals surface area contributed by atoms with E-state index < -0.39 is 0 Å². The standard InChI is InChI=1S/C17H33NO/c1-11(2)9-14(6)18-17(19)16-10-13(5)7-8-15(16)12(3)4/h11-16H,7-10H2,1-6H3,(H,18,19). The van der Waals surface area contributed by atoms with Crippen LogP contribution >= 0.6 is 0 Å². The summed E-state index contributed by atoms with van der Waals surface area (Å²) in [5, 5.41) is 3.25. The molecule has 0 aliphatic heterocycles. The molecule has 0 heterocycles. The van der Waals surface area contributed by atoms with Crippen LogP contribution in [-0.4, -0.2) is 11.9 Å². The van der Waals surface area contributed by atoms with Crippen molar-refractivity contribution in [2.24, 2.45) is 29.6 Å². The van der Waals surface area contributed by atoms with E-state index in [2.05, 4.69) is 46.9 Å². The zero-order valence-corrected chi connectivity index (χ0v) is 13.7. The Bertz CT molecular complexity index is 285. The zero-order valence-electron chi connectivity index (χ0n) is 13.7. The highest BCUT2D eigenvalue weighted by atomic mass is 16.1. The van der Waals surface area contributed by atoms with E-state index in [0.717, 1.165) is 12.8 Å². The van der Waals surface area contributed by atoms with Crippen LogP contribution in [0.3, 0.4) is 0 Å². The summed E-state index contributed by atoms with van der Waals surface area (Å²) < 4.78 is 0. The molecule has 0 saturated heterocycles.